The highest BCUT2D eigenvalue weighted by Crippen LogP contribution is 2.36. The maximum Gasteiger partial charge on any atom is 0.408 e. The monoisotopic (exact) mass is 540 g/mol. The van der Waals surface area contributed by atoms with Crippen molar-refractivity contribution in [2.75, 3.05) is 0 Å². The van der Waals surface area contributed by atoms with Gasteiger partial charge in [0.05, 0.1) is 10.2 Å². The minimum absolute atomic E-state index is 0.0443. The summed E-state index contributed by atoms with van der Waals surface area (Å²) in [5.41, 5.74) is 0.273. The maximum absolute atomic E-state index is 13.7. The van der Waals surface area contributed by atoms with Crippen LogP contribution in [0.3, 0.4) is 0 Å². The van der Waals surface area contributed by atoms with E-state index in [4.69, 9.17) is 4.74 Å². The highest BCUT2D eigenvalue weighted by atomic mass is 79.9. The molecule has 0 saturated heterocycles. The molecule has 30 heavy (non-hydrogen) atoms. The van der Waals surface area contributed by atoms with Crippen LogP contribution in [0, 0.1) is 11.6 Å². The van der Waals surface area contributed by atoms with Crippen LogP contribution >= 0.6 is 31.9 Å². The summed E-state index contributed by atoms with van der Waals surface area (Å²) < 4.78 is 34.3. The smallest absolute Gasteiger partial charge is 0.408 e. The predicted molar refractivity (Wildman–Crippen MR) is 119 cm³/mol. The van der Waals surface area contributed by atoms with Crippen molar-refractivity contribution < 1.29 is 18.3 Å². The molecule has 1 aromatic heterocycles. The number of benzene rings is 2. The molecule has 0 radical (unpaired) electrons. The molecule has 0 aliphatic heterocycles. The third-order valence-corrected chi connectivity index (χ3v) is 5.64. The third-order valence-electron chi connectivity index (χ3n) is 4.20. The van der Waals surface area contributed by atoms with Crippen molar-refractivity contribution in [3.63, 3.8) is 0 Å². The van der Waals surface area contributed by atoms with Gasteiger partial charge in [-0.05, 0) is 70.3 Å². The van der Waals surface area contributed by atoms with Gasteiger partial charge in [-0.2, -0.15) is 0 Å². The van der Waals surface area contributed by atoms with E-state index in [9.17, 15) is 13.6 Å². The van der Waals surface area contributed by atoms with Gasteiger partial charge in [0.25, 0.3) is 0 Å². The van der Waals surface area contributed by atoms with E-state index >= 15 is 0 Å². The van der Waals surface area contributed by atoms with Gasteiger partial charge in [-0.25, -0.2) is 18.6 Å². The average molecular weight is 542 g/mol. The second-order valence-electron chi connectivity index (χ2n) is 7.90. The molecule has 0 saturated carbocycles. The number of carbonyl (C=O) groups excluding carboxylic acids is 1. The van der Waals surface area contributed by atoms with E-state index in [-0.39, 0.29) is 6.42 Å². The van der Waals surface area contributed by atoms with Crippen molar-refractivity contribution in [2.45, 2.75) is 38.8 Å². The number of alkyl carbamates (subject to hydrolysis) is 1. The Morgan fingerprint density at radius 2 is 1.70 bits per heavy atom. The van der Waals surface area contributed by atoms with Crippen LogP contribution in [0.2, 0.25) is 0 Å². The molecule has 1 heterocycles. The van der Waals surface area contributed by atoms with Crippen molar-refractivity contribution >= 4 is 48.7 Å². The second-order valence-corrected chi connectivity index (χ2v) is 9.44. The largest absolute Gasteiger partial charge is 0.439 e. The normalized spacial score (nSPS) is 12.6. The van der Waals surface area contributed by atoms with Crippen LogP contribution in [0.25, 0.3) is 10.8 Å². The summed E-state index contributed by atoms with van der Waals surface area (Å²) in [5, 5.41) is 4.48. The SMILES string of the molecule is CC(C)(C)NC(=O)O[C@@H](Cc1cc(F)cc(F)c1)c1nc(Br)c2ccccc2c1Br. The Kier molecular flexibility index (Phi) is 6.77. The number of amides is 1. The van der Waals surface area contributed by atoms with Gasteiger partial charge in [0.15, 0.2) is 6.10 Å². The Labute approximate surface area is 190 Å². The molecule has 0 aliphatic carbocycles. The maximum atomic E-state index is 13.7. The van der Waals surface area contributed by atoms with E-state index in [0.29, 0.717) is 20.3 Å². The molecular formula is C22H20Br2F2N2O2. The number of carbonyl (C=O) groups is 1. The summed E-state index contributed by atoms with van der Waals surface area (Å²) in [6.45, 7) is 5.48. The van der Waals surface area contributed by atoms with Gasteiger partial charge in [0.2, 0.25) is 0 Å². The lowest BCUT2D eigenvalue weighted by molar-refractivity contribution is 0.0884. The number of halogens is 4. The van der Waals surface area contributed by atoms with Crippen molar-refractivity contribution in [3.8, 4) is 0 Å². The van der Waals surface area contributed by atoms with Crippen molar-refractivity contribution in [3.05, 3.63) is 74.4 Å². The lowest BCUT2D eigenvalue weighted by atomic mass is 10.0. The van der Waals surface area contributed by atoms with E-state index < -0.39 is 29.4 Å². The highest BCUT2D eigenvalue weighted by molar-refractivity contribution is 9.11. The molecule has 0 fully saturated rings. The van der Waals surface area contributed by atoms with Gasteiger partial charge in [-0.3, -0.25) is 0 Å². The molecule has 158 valence electrons. The number of nitrogens with one attached hydrogen (secondary N) is 1. The van der Waals surface area contributed by atoms with Crippen LogP contribution < -0.4 is 5.32 Å². The van der Waals surface area contributed by atoms with Gasteiger partial charge in [0, 0.05) is 28.8 Å². The molecule has 8 heteroatoms. The minimum Gasteiger partial charge on any atom is -0.439 e. The molecule has 2 aromatic carbocycles. The van der Waals surface area contributed by atoms with Gasteiger partial charge < -0.3 is 10.1 Å². The molecule has 3 rings (SSSR count). The molecule has 1 amide bonds. The number of aromatic nitrogens is 1. The summed E-state index contributed by atoms with van der Waals surface area (Å²) in [7, 11) is 0. The fourth-order valence-electron chi connectivity index (χ4n) is 3.02. The molecular weight excluding hydrogens is 522 g/mol. The lowest BCUT2D eigenvalue weighted by Crippen LogP contribution is -2.41. The van der Waals surface area contributed by atoms with Gasteiger partial charge >= 0.3 is 6.09 Å². The minimum atomic E-state index is -0.885. The summed E-state index contributed by atoms with van der Waals surface area (Å²) in [6, 6.07) is 10.8. The van der Waals surface area contributed by atoms with Crippen LogP contribution in [0.4, 0.5) is 13.6 Å². The Bertz CT molecular complexity index is 1080. The molecule has 0 bridgehead atoms. The first-order chi connectivity index (χ1) is 14.0. The Morgan fingerprint density at radius 3 is 2.30 bits per heavy atom. The van der Waals surface area contributed by atoms with E-state index in [0.717, 1.165) is 16.8 Å². The van der Waals surface area contributed by atoms with Crippen molar-refractivity contribution in [1.82, 2.24) is 10.3 Å². The summed E-state index contributed by atoms with van der Waals surface area (Å²) in [4.78, 5) is 17.1. The number of pyridine rings is 1. The number of rotatable bonds is 4. The van der Waals surface area contributed by atoms with E-state index in [1.807, 2.05) is 45.0 Å². The third kappa shape index (κ3) is 5.55. The highest BCUT2D eigenvalue weighted by Gasteiger charge is 2.26. The first-order valence-electron chi connectivity index (χ1n) is 9.21. The van der Waals surface area contributed by atoms with Crippen LogP contribution in [-0.4, -0.2) is 16.6 Å². The number of ether oxygens (including phenoxy) is 1. The van der Waals surface area contributed by atoms with Crippen LogP contribution in [-0.2, 0) is 11.2 Å². The van der Waals surface area contributed by atoms with E-state index in [1.165, 1.54) is 12.1 Å². The standard InChI is InChI=1S/C22H20Br2F2N2O2/c1-22(2,3)28-21(29)30-17(10-12-8-13(25)11-14(26)9-12)19-18(23)15-6-4-5-7-16(15)20(24)27-19/h4-9,11,17H,10H2,1-3H3,(H,28,29)/t17-/m0/s1. The van der Waals surface area contributed by atoms with Crippen LogP contribution in [0.5, 0.6) is 0 Å². The number of hydrogen-bond acceptors (Lipinski definition) is 3. The summed E-state index contributed by atoms with van der Waals surface area (Å²) in [5.74, 6) is -1.40. The number of hydrogen-bond donors (Lipinski definition) is 1. The molecule has 0 unspecified atom stereocenters. The second kappa shape index (κ2) is 8.98. The quantitative estimate of drug-likeness (QED) is 0.367. The fourth-order valence-corrected chi connectivity index (χ4v) is 4.25. The van der Waals surface area contributed by atoms with Crippen LogP contribution in [0.1, 0.15) is 38.1 Å². The van der Waals surface area contributed by atoms with E-state index in [1.54, 1.807) is 0 Å². The van der Waals surface area contributed by atoms with Gasteiger partial charge in [-0.1, -0.05) is 24.3 Å². The van der Waals surface area contributed by atoms with Gasteiger partial charge in [0.1, 0.15) is 16.2 Å². The Morgan fingerprint density at radius 1 is 1.10 bits per heavy atom. The molecule has 1 N–H and O–H groups in total. The predicted octanol–water partition coefficient (Wildman–Crippen LogP) is 6.85. The first kappa shape index (κ1) is 22.6. The molecule has 0 spiro atoms. The van der Waals surface area contributed by atoms with Crippen molar-refractivity contribution in [2.24, 2.45) is 0 Å². The number of fused-ring (bicyclic) bond motifs is 1. The van der Waals surface area contributed by atoms with E-state index in [2.05, 4.69) is 42.2 Å². The molecule has 1 atom stereocenters. The molecule has 3 aromatic rings. The molecule has 0 aliphatic rings. The zero-order valence-corrected chi connectivity index (χ0v) is 19.8. The Balaban J connectivity index is 2.05. The Hall–Kier alpha value is -2.06. The zero-order valence-electron chi connectivity index (χ0n) is 16.6. The van der Waals surface area contributed by atoms with Crippen LogP contribution in [0.15, 0.2) is 51.5 Å². The zero-order chi connectivity index (χ0) is 22.1. The number of nitrogens with zero attached hydrogens (tertiary/aromatic N) is 1. The topological polar surface area (TPSA) is 51.2 Å². The van der Waals surface area contributed by atoms with Gasteiger partial charge in [-0.15, -0.1) is 0 Å². The lowest BCUT2D eigenvalue weighted by Gasteiger charge is -2.24. The summed E-state index contributed by atoms with van der Waals surface area (Å²) in [6.07, 6.45) is -1.49. The van der Waals surface area contributed by atoms with Crippen molar-refractivity contribution in [1.29, 1.82) is 0 Å². The summed E-state index contributed by atoms with van der Waals surface area (Å²) >= 11 is 7.03. The fraction of sp³-hybridized carbons (Fsp3) is 0.273. The average Bonchev–Trinajstić information content (AvgIpc) is 2.62. The molecule has 4 nitrogen and oxygen atoms in total. The first-order valence-corrected chi connectivity index (χ1v) is 10.8.